The smallest absolute Gasteiger partial charge is 0.267 e. The van der Waals surface area contributed by atoms with Crippen molar-refractivity contribution < 1.29 is 9.59 Å². The van der Waals surface area contributed by atoms with Gasteiger partial charge in [-0.05, 0) is 30.7 Å². The van der Waals surface area contributed by atoms with Crippen LogP contribution in [0, 0.1) is 0 Å². The maximum Gasteiger partial charge on any atom is 0.267 e. The minimum absolute atomic E-state index is 0.0773. The fourth-order valence-electron chi connectivity index (χ4n) is 2.55. The van der Waals surface area contributed by atoms with Crippen LogP contribution >= 0.6 is 0 Å². The summed E-state index contributed by atoms with van der Waals surface area (Å²) in [5.74, 6) is -0.321. The molecule has 0 saturated carbocycles. The number of rotatable bonds is 4. The molecule has 1 aromatic carbocycles. The van der Waals surface area contributed by atoms with Gasteiger partial charge in [-0.25, -0.2) is 9.69 Å². The second-order valence-electron chi connectivity index (χ2n) is 5.70. The highest BCUT2D eigenvalue weighted by Crippen LogP contribution is 2.17. The molecule has 0 fully saturated rings. The van der Waals surface area contributed by atoms with E-state index in [-0.39, 0.29) is 17.9 Å². The van der Waals surface area contributed by atoms with Gasteiger partial charge in [0.15, 0.2) is 0 Å². The van der Waals surface area contributed by atoms with E-state index in [1.54, 1.807) is 17.9 Å². The highest BCUT2D eigenvalue weighted by Gasteiger charge is 2.23. The van der Waals surface area contributed by atoms with Crippen LogP contribution < -0.4 is 5.32 Å². The SMILES string of the molecule is C[C@H](NC(=O)C1=NN(C)C(=O)CC1)c1cccc(-n2cccn2)c1. The normalized spacial score (nSPS) is 15.8. The summed E-state index contributed by atoms with van der Waals surface area (Å²) in [5.41, 5.74) is 2.28. The van der Waals surface area contributed by atoms with E-state index in [2.05, 4.69) is 15.5 Å². The number of amides is 2. The molecule has 2 amide bonds. The van der Waals surface area contributed by atoms with Crippen molar-refractivity contribution in [3.05, 3.63) is 48.3 Å². The fraction of sp³-hybridized carbons (Fsp3) is 0.294. The molecule has 0 bridgehead atoms. The Morgan fingerprint density at radius 2 is 2.12 bits per heavy atom. The fourth-order valence-corrected chi connectivity index (χ4v) is 2.55. The summed E-state index contributed by atoms with van der Waals surface area (Å²) in [6.07, 6.45) is 4.27. The predicted molar refractivity (Wildman–Crippen MR) is 89.6 cm³/mol. The number of hydrogen-bond acceptors (Lipinski definition) is 4. The van der Waals surface area contributed by atoms with Crippen LogP contribution in [0.3, 0.4) is 0 Å². The molecule has 24 heavy (non-hydrogen) atoms. The van der Waals surface area contributed by atoms with Crippen LogP contribution in [0.15, 0.2) is 47.8 Å². The average Bonchev–Trinajstić information content (AvgIpc) is 3.12. The van der Waals surface area contributed by atoms with E-state index in [0.717, 1.165) is 11.3 Å². The van der Waals surface area contributed by atoms with E-state index in [9.17, 15) is 9.59 Å². The monoisotopic (exact) mass is 325 g/mol. The Balaban J connectivity index is 1.72. The molecule has 0 aliphatic carbocycles. The van der Waals surface area contributed by atoms with Gasteiger partial charge in [-0.15, -0.1) is 0 Å². The third-order valence-electron chi connectivity index (χ3n) is 3.96. The number of hydrazone groups is 1. The van der Waals surface area contributed by atoms with Crippen LogP contribution in [-0.2, 0) is 9.59 Å². The van der Waals surface area contributed by atoms with Gasteiger partial charge in [0.1, 0.15) is 5.71 Å². The number of carbonyl (C=O) groups is 2. The molecule has 3 rings (SSSR count). The van der Waals surface area contributed by atoms with Crippen LogP contribution in [-0.4, -0.2) is 39.4 Å². The van der Waals surface area contributed by atoms with Crippen molar-refractivity contribution in [2.24, 2.45) is 5.10 Å². The van der Waals surface area contributed by atoms with Gasteiger partial charge in [-0.3, -0.25) is 9.59 Å². The molecule has 1 atom stereocenters. The Morgan fingerprint density at radius 1 is 1.29 bits per heavy atom. The first-order valence-corrected chi connectivity index (χ1v) is 7.79. The van der Waals surface area contributed by atoms with Crippen LogP contribution in [0.4, 0.5) is 0 Å². The van der Waals surface area contributed by atoms with E-state index in [4.69, 9.17) is 0 Å². The minimum atomic E-state index is -0.244. The zero-order valence-electron chi connectivity index (χ0n) is 13.6. The van der Waals surface area contributed by atoms with Crippen molar-refractivity contribution in [2.45, 2.75) is 25.8 Å². The Hall–Kier alpha value is -2.96. The molecule has 2 aromatic rings. The van der Waals surface area contributed by atoms with Crippen molar-refractivity contribution in [1.29, 1.82) is 0 Å². The first-order chi connectivity index (χ1) is 11.5. The van der Waals surface area contributed by atoms with Crippen molar-refractivity contribution in [3.8, 4) is 5.69 Å². The Labute approximate surface area is 140 Å². The number of aromatic nitrogens is 2. The van der Waals surface area contributed by atoms with Gasteiger partial charge >= 0.3 is 0 Å². The highest BCUT2D eigenvalue weighted by molar-refractivity contribution is 6.39. The van der Waals surface area contributed by atoms with E-state index >= 15 is 0 Å². The molecule has 1 aliphatic rings. The van der Waals surface area contributed by atoms with Crippen LogP contribution in [0.5, 0.6) is 0 Å². The number of hydrogen-bond donors (Lipinski definition) is 1. The highest BCUT2D eigenvalue weighted by atomic mass is 16.2. The van der Waals surface area contributed by atoms with Gasteiger partial charge in [-0.2, -0.15) is 10.2 Å². The summed E-state index contributed by atoms with van der Waals surface area (Å²) in [5, 5.41) is 12.4. The average molecular weight is 325 g/mol. The van der Waals surface area contributed by atoms with Gasteiger partial charge in [0.25, 0.3) is 5.91 Å². The van der Waals surface area contributed by atoms with Gasteiger partial charge in [0.05, 0.1) is 11.7 Å². The van der Waals surface area contributed by atoms with Crippen LogP contribution in [0.25, 0.3) is 5.69 Å². The lowest BCUT2D eigenvalue weighted by Crippen LogP contribution is -2.38. The van der Waals surface area contributed by atoms with Crippen molar-refractivity contribution in [2.75, 3.05) is 7.05 Å². The van der Waals surface area contributed by atoms with Gasteiger partial charge in [0, 0.05) is 32.3 Å². The first-order valence-electron chi connectivity index (χ1n) is 7.79. The van der Waals surface area contributed by atoms with Crippen molar-refractivity contribution in [3.63, 3.8) is 0 Å². The zero-order chi connectivity index (χ0) is 17.1. The lowest BCUT2D eigenvalue weighted by Gasteiger charge is -2.21. The largest absolute Gasteiger partial charge is 0.344 e. The molecule has 1 aliphatic heterocycles. The van der Waals surface area contributed by atoms with E-state index < -0.39 is 0 Å². The molecule has 1 N–H and O–H groups in total. The van der Waals surface area contributed by atoms with E-state index in [0.29, 0.717) is 18.6 Å². The van der Waals surface area contributed by atoms with Gasteiger partial charge < -0.3 is 5.32 Å². The quantitative estimate of drug-likeness (QED) is 0.928. The maximum absolute atomic E-state index is 12.4. The summed E-state index contributed by atoms with van der Waals surface area (Å²) in [6.45, 7) is 1.92. The number of carbonyl (C=O) groups excluding carboxylic acids is 2. The Morgan fingerprint density at radius 3 is 2.83 bits per heavy atom. The summed E-state index contributed by atoms with van der Waals surface area (Å²) >= 11 is 0. The standard InChI is InChI=1S/C17H19N5O2/c1-12(19-17(24)15-7-8-16(23)21(2)20-15)13-5-3-6-14(11-13)22-10-4-9-18-22/h3-6,9-12H,7-8H2,1-2H3,(H,19,24)/t12-/m0/s1. The molecule has 124 valence electrons. The number of benzene rings is 1. The zero-order valence-corrected chi connectivity index (χ0v) is 13.6. The molecule has 7 heteroatoms. The minimum Gasteiger partial charge on any atom is -0.344 e. The maximum atomic E-state index is 12.4. The second-order valence-corrected chi connectivity index (χ2v) is 5.70. The molecule has 2 heterocycles. The predicted octanol–water partition coefficient (Wildman–Crippen LogP) is 1.66. The van der Waals surface area contributed by atoms with Crippen molar-refractivity contribution >= 4 is 17.5 Å². The van der Waals surface area contributed by atoms with Crippen LogP contribution in [0.1, 0.15) is 31.4 Å². The van der Waals surface area contributed by atoms with Crippen LogP contribution in [0.2, 0.25) is 0 Å². The Bertz CT molecular complexity index is 782. The molecule has 0 unspecified atom stereocenters. The summed E-state index contributed by atoms with van der Waals surface area (Å²) in [7, 11) is 1.56. The van der Waals surface area contributed by atoms with Gasteiger partial charge in [-0.1, -0.05) is 12.1 Å². The third kappa shape index (κ3) is 3.34. The Kier molecular flexibility index (Phi) is 4.41. The topological polar surface area (TPSA) is 79.6 Å². The summed E-state index contributed by atoms with van der Waals surface area (Å²) in [4.78, 5) is 23.8. The summed E-state index contributed by atoms with van der Waals surface area (Å²) in [6, 6.07) is 9.50. The molecule has 0 spiro atoms. The van der Waals surface area contributed by atoms with E-state index in [1.165, 1.54) is 5.01 Å². The number of nitrogens with one attached hydrogen (secondary N) is 1. The number of nitrogens with zero attached hydrogens (tertiary/aromatic N) is 4. The summed E-state index contributed by atoms with van der Waals surface area (Å²) < 4.78 is 1.77. The molecular weight excluding hydrogens is 306 g/mol. The van der Waals surface area contributed by atoms with Crippen molar-refractivity contribution in [1.82, 2.24) is 20.1 Å². The lowest BCUT2D eigenvalue weighted by atomic mass is 10.1. The molecule has 1 aromatic heterocycles. The molecule has 0 radical (unpaired) electrons. The first kappa shape index (κ1) is 15.9. The van der Waals surface area contributed by atoms with E-state index in [1.807, 2.05) is 43.5 Å². The second kappa shape index (κ2) is 6.66. The van der Waals surface area contributed by atoms with Gasteiger partial charge in [0.2, 0.25) is 5.91 Å². The molecule has 0 saturated heterocycles. The molecule has 7 nitrogen and oxygen atoms in total. The third-order valence-corrected chi connectivity index (χ3v) is 3.96. The lowest BCUT2D eigenvalue weighted by molar-refractivity contribution is -0.130. The molecular formula is C17H19N5O2.